The third kappa shape index (κ3) is 6.07. The molecule has 1 fully saturated rings. The van der Waals surface area contributed by atoms with Crippen LogP contribution in [0.25, 0.3) is 11.0 Å². The molecule has 190 valence electrons. The van der Waals surface area contributed by atoms with E-state index in [0.717, 1.165) is 55.2 Å². The zero-order valence-corrected chi connectivity index (χ0v) is 19.5. The average molecular weight is 509 g/mol. The van der Waals surface area contributed by atoms with Crippen molar-refractivity contribution >= 4 is 34.3 Å². The fraction of sp³-hybridized carbons (Fsp3) is 0.192. The highest BCUT2D eigenvalue weighted by atomic mass is 19.4. The van der Waals surface area contributed by atoms with Gasteiger partial charge in [0.2, 0.25) is 0 Å². The van der Waals surface area contributed by atoms with Crippen molar-refractivity contribution in [3.8, 4) is 11.5 Å². The number of hydrogen-bond donors (Lipinski definition) is 3. The van der Waals surface area contributed by atoms with Crippen molar-refractivity contribution in [1.29, 1.82) is 0 Å². The molecule has 37 heavy (non-hydrogen) atoms. The van der Waals surface area contributed by atoms with Crippen LogP contribution in [0, 0.1) is 0 Å². The first-order chi connectivity index (χ1) is 17.8. The van der Waals surface area contributed by atoms with Crippen molar-refractivity contribution in [2.75, 3.05) is 41.7 Å². The molecule has 2 heterocycles. The Morgan fingerprint density at radius 1 is 0.865 bits per heavy atom. The van der Waals surface area contributed by atoms with E-state index in [4.69, 9.17) is 9.72 Å². The van der Waals surface area contributed by atoms with Gasteiger partial charge < -0.3 is 25.6 Å². The lowest BCUT2D eigenvalue weighted by molar-refractivity contribution is -0.137. The first-order valence-electron chi connectivity index (χ1n) is 11.6. The minimum absolute atomic E-state index is 0.241. The number of halogens is 3. The van der Waals surface area contributed by atoms with Crippen LogP contribution in [0.5, 0.6) is 11.5 Å². The maximum atomic E-state index is 12.7. The van der Waals surface area contributed by atoms with Gasteiger partial charge in [0.05, 0.1) is 22.8 Å². The Hall–Kier alpha value is -4.38. The molecule has 5 rings (SSSR count). The zero-order valence-electron chi connectivity index (χ0n) is 19.5. The summed E-state index contributed by atoms with van der Waals surface area (Å²) >= 11 is 0. The predicted molar refractivity (Wildman–Crippen MR) is 135 cm³/mol. The van der Waals surface area contributed by atoms with Crippen LogP contribution in [0.2, 0.25) is 0 Å². The maximum Gasteiger partial charge on any atom is 0.416 e. The molecule has 0 aliphatic carbocycles. The number of carbonyl (C=O) groups excluding carboxylic acids is 1. The van der Waals surface area contributed by atoms with Crippen molar-refractivity contribution in [3.63, 3.8) is 0 Å². The zero-order chi connectivity index (χ0) is 25.8. The van der Waals surface area contributed by atoms with Crippen molar-refractivity contribution in [3.05, 3.63) is 78.5 Å². The Kier molecular flexibility index (Phi) is 6.78. The number of nitrogens with one attached hydrogen (secondary N) is 3. The van der Waals surface area contributed by atoms with E-state index >= 15 is 0 Å². The lowest BCUT2D eigenvalue weighted by atomic mass is 10.2. The number of carbonyl (C=O) groups is 1. The third-order valence-electron chi connectivity index (χ3n) is 5.76. The largest absolute Gasteiger partial charge is 0.457 e. The molecule has 1 saturated heterocycles. The van der Waals surface area contributed by atoms with Crippen LogP contribution in [0.1, 0.15) is 5.56 Å². The lowest BCUT2D eigenvalue weighted by Gasteiger charge is -2.28. The van der Waals surface area contributed by atoms with Gasteiger partial charge in [-0.25, -0.2) is 9.78 Å². The van der Waals surface area contributed by atoms with E-state index in [-0.39, 0.29) is 5.69 Å². The smallest absolute Gasteiger partial charge is 0.416 e. The van der Waals surface area contributed by atoms with Crippen LogP contribution in [-0.2, 0) is 6.18 Å². The summed E-state index contributed by atoms with van der Waals surface area (Å²) in [4.78, 5) is 23.7. The summed E-state index contributed by atoms with van der Waals surface area (Å²) in [7, 11) is 0. The van der Waals surface area contributed by atoms with Gasteiger partial charge in [-0.15, -0.1) is 0 Å². The van der Waals surface area contributed by atoms with Gasteiger partial charge in [0.25, 0.3) is 0 Å². The summed E-state index contributed by atoms with van der Waals surface area (Å²) in [5.74, 6) is 1.98. The Morgan fingerprint density at radius 3 is 2.14 bits per heavy atom. The van der Waals surface area contributed by atoms with E-state index in [1.54, 1.807) is 30.5 Å². The molecule has 1 aliphatic heterocycles. The molecule has 0 bridgehead atoms. The third-order valence-corrected chi connectivity index (χ3v) is 5.76. The van der Waals surface area contributed by atoms with Crippen LogP contribution in [0.4, 0.5) is 35.2 Å². The Bertz CT molecular complexity index is 1390. The number of nitrogens with zero attached hydrogens (tertiary/aromatic N) is 3. The summed E-state index contributed by atoms with van der Waals surface area (Å²) in [5, 5.41) is 8.45. The van der Waals surface area contributed by atoms with Gasteiger partial charge in [0, 0.05) is 43.6 Å². The molecule has 0 unspecified atom stereocenters. The number of benzene rings is 3. The van der Waals surface area contributed by atoms with Gasteiger partial charge >= 0.3 is 12.2 Å². The number of piperazine rings is 1. The number of urea groups is 1. The minimum Gasteiger partial charge on any atom is -0.457 e. The highest BCUT2D eigenvalue weighted by Crippen LogP contribution is 2.30. The van der Waals surface area contributed by atoms with Crippen molar-refractivity contribution in [2.24, 2.45) is 0 Å². The number of rotatable bonds is 5. The molecule has 0 saturated carbocycles. The number of fused-ring (bicyclic) bond motifs is 1. The van der Waals surface area contributed by atoms with Gasteiger partial charge in [-0.1, -0.05) is 0 Å². The molecule has 1 aliphatic rings. The molecule has 11 heteroatoms. The Morgan fingerprint density at radius 2 is 1.49 bits per heavy atom. The van der Waals surface area contributed by atoms with E-state index < -0.39 is 17.8 Å². The van der Waals surface area contributed by atoms with Gasteiger partial charge in [0.1, 0.15) is 17.3 Å². The van der Waals surface area contributed by atoms with E-state index in [9.17, 15) is 18.0 Å². The van der Waals surface area contributed by atoms with Crippen LogP contribution >= 0.6 is 0 Å². The summed E-state index contributed by atoms with van der Waals surface area (Å²) in [6, 6.07) is 15.8. The van der Waals surface area contributed by atoms with E-state index in [1.165, 1.54) is 12.1 Å². The van der Waals surface area contributed by atoms with Gasteiger partial charge in [-0.05, 0) is 60.7 Å². The predicted octanol–water partition coefficient (Wildman–Crippen LogP) is 5.49. The van der Waals surface area contributed by atoms with Crippen molar-refractivity contribution in [1.82, 2.24) is 15.3 Å². The molecule has 3 aromatic carbocycles. The van der Waals surface area contributed by atoms with E-state index in [1.807, 2.05) is 18.2 Å². The Balaban J connectivity index is 1.20. The molecule has 4 aromatic rings. The SMILES string of the molecule is O=C(Nc1ccc(Oc2ccc3ncc(N4CCNCC4)nc3c2)cc1)Nc1ccc(C(F)(F)F)cc1. The van der Waals surface area contributed by atoms with Crippen LogP contribution < -0.4 is 25.6 Å². The molecular weight excluding hydrogens is 485 g/mol. The van der Waals surface area contributed by atoms with Crippen LogP contribution in [-0.4, -0.2) is 42.2 Å². The van der Waals surface area contributed by atoms with E-state index in [0.29, 0.717) is 17.2 Å². The first kappa shape index (κ1) is 24.3. The van der Waals surface area contributed by atoms with E-state index in [2.05, 4.69) is 25.8 Å². The summed E-state index contributed by atoms with van der Waals surface area (Å²) in [6.45, 7) is 3.56. The quantitative estimate of drug-likeness (QED) is 0.330. The maximum absolute atomic E-state index is 12.7. The fourth-order valence-electron chi connectivity index (χ4n) is 3.87. The highest BCUT2D eigenvalue weighted by molar-refractivity contribution is 5.99. The molecular formula is C26H23F3N6O2. The standard InChI is InChI=1S/C26H23F3N6O2/c27-26(28,29)17-1-3-18(4-2-17)32-25(36)33-19-5-7-20(8-6-19)37-21-9-10-22-23(15-21)34-24(16-31-22)35-13-11-30-12-14-35/h1-10,15-16,30H,11-14H2,(H2,32,33,36). The molecule has 3 N–H and O–H groups in total. The second-order valence-electron chi connectivity index (χ2n) is 8.40. The fourth-order valence-corrected chi connectivity index (χ4v) is 3.87. The van der Waals surface area contributed by atoms with Gasteiger partial charge in [-0.3, -0.25) is 4.98 Å². The van der Waals surface area contributed by atoms with Gasteiger partial charge in [0.15, 0.2) is 0 Å². The number of hydrogen-bond acceptors (Lipinski definition) is 6. The molecule has 1 aromatic heterocycles. The topological polar surface area (TPSA) is 91.4 Å². The van der Waals surface area contributed by atoms with Crippen molar-refractivity contribution < 1.29 is 22.7 Å². The number of anilines is 3. The monoisotopic (exact) mass is 508 g/mol. The normalized spacial score (nSPS) is 13.9. The summed E-state index contributed by atoms with van der Waals surface area (Å²) in [5.41, 5.74) is 1.44. The number of ether oxygens (including phenoxy) is 1. The summed E-state index contributed by atoms with van der Waals surface area (Å²) in [6.07, 6.45) is -2.65. The molecule has 8 nitrogen and oxygen atoms in total. The average Bonchev–Trinajstić information content (AvgIpc) is 2.90. The molecule has 0 atom stereocenters. The van der Waals surface area contributed by atoms with Gasteiger partial charge in [-0.2, -0.15) is 13.2 Å². The molecule has 2 amide bonds. The van der Waals surface area contributed by atoms with Crippen LogP contribution in [0.3, 0.4) is 0 Å². The minimum atomic E-state index is -4.43. The molecule has 0 spiro atoms. The van der Waals surface area contributed by atoms with Crippen LogP contribution in [0.15, 0.2) is 72.9 Å². The lowest BCUT2D eigenvalue weighted by Crippen LogP contribution is -2.43. The number of amides is 2. The highest BCUT2D eigenvalue weighted by Gasteiger charge is 2.30. The first-order valence-corrected chi connectivity index (χ1v) is 11.6. The molecule has 0 radical (unpaired) electrons. The summed E-state index contributed by atoms with van der Waals surface area (Å²) < 4.78 is 44.0. The number of aromatic nitrogens is 2. The number of alkyl halides is 3. The Labute approximate surface area is 210 Å². The van der Waals surface area contributed by atoms with Crippen molar-refractivity contribution in [2.45, 2.75) is 6.18 Å². The second kappa shape index (κ2) is 10.3. The second-order valence-corrected chi connectivity index (χ2v) is 8.40.